The molecule has 0 amide bonds. The van der Waals surface area contributed by atoms with Gasteiger partial charge in [0, 0.05) is 6.20 Å². The Balaban J connectivity index is 2.04. The summed E-state index contributed by atoms with van der Waals surface area (Å²) >= 11 is 0. The monoisotopic (exact) mass is 241 g/mol. The highest BCUT2D eigenvalue weighted by Gasteiger charge is 2.04. The molecule has 0 saturated heterocycles. The van der Waals surface area contributed by atoms with E-state index in [1.807, 2.05) is 24.3 Å². The van der Waals surface area contributed by atoms with Gasteiger partial charge in [0.1, 0.15) is 11.5 Å². The highest BCUT2D eigenvalue weighted by molar-refractivity contribution is 5.32. The lowest BCUT2D eigenvalue weighted by atomic mass is 9.97. The van der Waals surface area contributed by atoms with Gasteiger partial charge in [0.15, 0.2) is 0 Å². The third kappa shape index (κ3) is 3.33. The van der Waals surface area contributed by atoms with Gasteiger partial charge in [0.05, 0.1) is 6.20 Å². The minimum Gasteiger partial charge on any atom is -0.456 e. The van der Waals surface area contributed by atoms with Crippen LogP contribution in [0.2, 0.25) is 0 Å². The van der Waals surface area contributed by atoms with Crippen LogP contribution in [0.25, 0.3) is 0 Å². The Morgan fingerprint density at radius 1 is 1.11 bits per heavy atom. The Kier molecular flexibility index (Phi) is 4.35. The van der Waals surface area contributed by atoms with Crippen molar-refractivity contribution in [1.82, 2.24) is 4.98 Å². The van der Waals surface area contributed by atoms with E-state index >= 15 is 0 Å². The Hall–Kier alpha value is -1.83. The van der Waals surface area contributed by atoms with Gasteiger partial charge in [-0.15, -0.1) is 0 Å². The quantitative estimate of drug-likeness (QED) is 0.751. The summed E-state index contributed by atoms with van der Waals surface area (Å²) in [7, 11) is 0. The second kappa shape index (κ2) is 6.20. The first-order valence-electron chi connectivity index (χ1n) is 6.47. The first-order chi connectivity index (χ1) is 8.79. The molecule has 0 N–H and O–H groups in total. The van der Waals surface area contributed by atoms with E-state index < -0.39 is 0 Å². The van der Waals surface area contributed by atoms with Crippen LogP contribution in [0.3, 0.4) is 0 Å². The second-order valence-electron chi connectivity index (χ2n) is 4.55. The Bertz CT molecular complexity index is 464. The Morgan fingerprint density at radius 3 is 2.50 bits per heavy atom. The van der Waals surface area contributed by atoms with Crippen LogP contribution in [0.4, 0.5) is 0 Å². The van der Waals surface area contributed by atoms with E-state index in [2.05, 4.69) is 31.0 Å². The van der Waals surface area contributed by atoms with Crippen molar-refractivity contribution >= 4 is 0 Å². The summed E-state index contributed by atoms with van der Waals surface area (Å²) in [5.41, 5.74) is 1.37. The Labute approximate surface area is 109 Å². The molecule has 2 rings (SSSR count). The standard InChI is InChI=1S/C16H19NO/c1-3-5-13(2)14-7-9-15(10-8-14)18-16-6-4-11-17-12-16/h4,6-13H,3,5H2,1-2H3. The number of aromatic nitrogens is 1. The van der Waals surface area contributed by atoms with Gasteiger partial charge in [0.25, 0.3) is 0 Å². The summed E-state index contributed by atoms with van der Waals surface area (Å²) in [6.45, 7) is 4.48. The molecule has 18 heavy (non-hydrogen) atoms. The maximum absolute atomic E-state index is 5.71. The molecule has 2 heteroatoms. The molecule has 1 unspecified atom stereocenters. The number of pyridine rings is 1. The fourth-order valence-electron chi connectivity index (χ4n) is 2.01. The van der Waals surface area contributed by atoms with Crippen LogP contribution in [-0.4, -0.2) is 4.98 Å². The third-order valence-electron chi connectivity index (χ3n) is 3.04. The fraction of sp³-hybridized carbons (Fsp3) is 0.312. The van der Waals surface area contributed by atoms with Crippen LogP contribution in [-0.2, 0) is 0 Å². The number of nitrogens with zero attached hydrogens (tertiary/aromatic N) is 1. The zero-order valence-corrected chi connectivity index (χ0v) is 11.0. The van der Waals surface area contributed by atoms with Crippen LogP contribution in [0.15, 0.2) is 48.8 Å². The van der Waals surface area contributed by atoms with Crippen LogP contribution in [0.1, 0.15) is 38.2 Å². The number of rotatable bonds is 5. The van der Waals surface area contributed by atoms with Gasteiger partial charge in [0.2, 0.25) is 0 Å². The average Bonchev–Trinajstić information content (AvgIpc) is 2.41. The molecule has 1 heterocycles. The van der Waals surface area contributed by atoms with Crippen LogP contribution >= 0.6 is 0 Å². The van der Waals surface area contributed by atoms with Crippen molar-refractivity contribution in [2.24, 2.45) is 0 Å². The molecular weight excluding hydrogens is 222 g/mol. The van der Waals surface area contributed by atoms with E-state index in [1.165, 1.54) is 18.4 Å². The summed E-state index contributed by atoms with van der Waals surface area (Å²) in [4.78, 5) is 4.03. The maximum Gasteiger partial charge on any atom is 0.145 e. The number of hydrogen-bond donors (Lipinski definition) is 0. The van der Waals surface area contributed by atoms with Crippen molar-refractivity contribution in [2.45, 2.75) is 32.6 Å². The van der Waals surface area contributed by atoms with Crippen molar-refractivity contribution < 1.29 is 4.74 Å². The maximum atomic E-state index is 5.71. The predicted octanol–water partition coefficient (Wildman–Crippen LogP) is 4.78. The number of ether oxygens (including phenoxy) is 1. The van der Waals surface area contributed by atoms with Gasteiger partial charge < -0.3 is 4.74 Å². The summed E-state index contributed by atoms with van der Waals surface area (Å²) in [5, 5.41) is 0. The highest BCUT2D eigenvalue weighted by atomic mass is 16.5. The molecule has 0 aliphatic carbocycles. The smallest absolute Gasteiger partial charge is 0.145 e. The highest BCUT2D eigenvalue weighted by Crippen LogP contribution is 2.25. The van der Waals surface area contributed by atoms with Gasteiger partial charge in [-0.25, -0.2) is 0 Å². The molecular formula is C16H19NO. The van der Waals surface area contributed by atoms with Gasteiger partial charge in [-0.05, 0) is 42.2 Å². The largest absolute Gasteiger partial charge is 0.456 e. The minimum atomic E-state index is 0.613. The Morgan fingerprint density at radius 2 is 1.89 bits per heavy atom. The summed E-state index contributed by atoms with van der Waals surface area (Å²) < 4.78 is 5.71. The molecule has 1 atom stereocenters. The van der Waals surface area contributed by atoms with Crippen molar-refractivity contribution in [1.29, 1.82) is 0 Å². The first-order valence-corrected chi connectivity index (χ1v) is 6.47. The van der Waals surface area contributed by atoms with E-state index in [9.17, 15) is 0 Å². The zero-order valence-electron chi connectivity index (χ0n) is 11.0. The molecule has 1 aromatic heterocycles. The lowest BCUT2D eigenvalue weighted by Gasteiger charge is -2.11. The topological polar surface area (TPSA) is 22.1 Å². The minimum absolute atomic E-state index is 0.613. The molecule has 2 aromatic rings. The summed E-state index contributed by atoms with van der Waals surface area (Å²) in [6, 6.07) is 12.1. The molecule has 0 saturated carbocycles. The van der Waals surface area contributed by atoms with Gasteiger partial charge in [-0.1, -0.05) is 32.4 Å². The van der Waals surface area contributed by atoms with Crippen molar-refractivity contribution in [3.05, 3.63) is 54.4 Å². The van der Waals surface area contributed by atoms with Crippen molar-refractivity contribution in [3.8, 4) is 11.5 Å². The van der Waals surface area contributed by atoms with Gasteiger partial charge >= 0.3 is 0 Å². The molecule has 2 nitrogen and oxygen atoms in total. The summed E-state index contributed by atoms with van der Waals surface area (Å²) in [5.74, 6) is 2.24. The zero-order chi connectivity index (χ0) is 12.8. The molecule has 0 bridgehead atoms. The first kappa shape index (κ1) is 12.6. The van der Waals surface area contributed by atoms with E-state index in [0.29, 0.717) is 5.92 Å². The molecule has 0 fully saturated rings. The molecule has 0 aliphatic rings. The van der Waals surface area contributed by atoms with Crippen LogP contribution in [0, 0.1) is 0 Å². The average molecular weight is 241 g/mol. The lowest BCUT2D eigenvalue weighted by Crippen LogP contribution is -1.92. The summed E-state index contributed by atoms with van der Waals surface area (Å²) in [6.07, 6.45) is 5.90. The van der Waals surface area contributed by atoms with Gasteiger partial charge in [-0.3, -0.25) is 4.98 Å². The van der Waals surface area contributed by atoms with Crippen molar-refractivity contribution in [2.75, 3.05) is 0 Å². The van der Waals surface area contributed by atoms with Crippen LogP contribution < -0.4 is 4.74 Å². The van der Waals surface area contributed by atoms with E-state index in [-0.39, 0.29) is 0 Å². The van der Waals surface area contributed by atoms with Crippen molar-refractivity contribution in [3.63, 3.8) is 0 Å². The normalized spacial score (nSPS) is 12.1. The van der Waals surface area contributed by atoms with E-state index in [0.717, 1.165) is 11.5 Å². The third-order valence-corrected chi connectivity index (χ3v) is 3.04. The SMILES string of the molecule is CCCC(C)c1ccc(Oc2cccnc2)cc1. The second-order valence-corrected chi connectivity index (χ2v) is 4.55. The number of benzene rings is 1. The molecule has 0 aliphatic heterocycles. The van der Waals surface area contributed by atoms with Gasteiger partial charge in [-0.2, -0.15) is 0 Å². The molecule has 0 spiro atoms. The molecule has 1 aromatic carbocycles. The van der Waals surface area contributed by atoms with E-state index in [4.69, 9.17) is 4.74 Å². The fourth-order valence-corrected chi connectivity index (χ4v) is 2.01. The van der Waals surface area contributed by atoms with E-state index in [1.54, 1.807) is 12.4 Å². The molecule has 0 radical (unpaired) electrons. The van der Waals surface area contributed by atoms with Crippen LogP contribution in [0.5, 0.6) is 11.5 Å². The number of hydrogen-bond acceptors (Lipinski definition) is 2. The predicted molar refractivity (Wildman–Crippen MR) is 74.1 cm³/mol. The molecule has 94 valence electrons. The lowest BCUT2D eigenvalue weighted by molar-refractivity contribution is 0.480.